The number of thiocarbonyl (C=S) groups is 1. The Kier molecular flexibility index (Phi) is 16.7. The summed E-state index contributed by atoms with van der Waals surface area (Å²) in [5, 5.41) is 31.1. The number of imide groups is 2. The van der Waals surface area contributed by atoms with Gasteiger partial charge >= 0.3 is 0 Å². The topological polar surface area (TPSA) is 216 Å². The van der Waals surface area contributed by atoms with Crippen molar-refractivity contribution < 1.29 is 38.1 Å². The number of nitrogen functional groups attached to an aromatic ring is 1. The maximum atomic E-state index is 13.9. The van der Waals surface area contributed by atoms with Crippen molar-refractivity contribution in [1.29, 1.82) is 10.5 Å². The van der Waals surface area contributed by atoms with Crippen LogP contribution in [0.25, 0.3) is 43.1 Å². The maximum absolute atomic E-state index is 13.9. The van der Waals surface area contributed by atoms with Crippen LogP contribution >= 0.6 is 24.0 Å². The van der Waals surface area contributed by atoms with Gasteiger partial charge in [-0.3, -0.25) is 29.0 Å². The molecule has 19 heteroatoms. The van der Waals surface area contributed by atoms with Crippen molar-refractivity contribution >= 4 is 107 Å². The fourth-order valence-corrected chi connectivity index (χ4v) is 10.3. The Balaban J connectivity index is 0.000000157. The minimum Gasteiger partial charge on any atom is -0.454 e. The number of nitrogens with one attached hydrogen (secondary N) is 2. The SMILES string of the molecule is CC#N.CN(C)CCN1C(=O)c2cccc3cc4cccc(N)c4c(c23)C1=O.CN(C)CCN1C(=O)c2cccc3cc4cccc(NC(=S)NCc5ccc6c(c5)OCO6)c4c(c23)C1=O.N#CSCc1ccc2c(c1)OCO2. The Bertz CT molecular complexity index is 3840. The molecule has 4 heterocycles. The van der Waals surface area contributed by atoms with E-state index in [1.54, 1.807) is 24.3 Å². The number of benzene rings is 8. The predicted octanol–water partition coefficient (Wildman–Crippen LogP) is 9.76. The summed E-state index contributed by atoms with van der Waals surface area (Å²) in [6.45, 7) is 4.28. The van der Waals surface area contributed by atoms with E-state index >= 15 is 0 Å². The molecule has 4 aliphatic heterocycles. The molecule has 4 amide bonds. The number of anilines is 2. The van der Waals surface area contributed by atoms with Gasteiger partial charge in [-0.2, -0.15) is 10.5 Å². The van der Waals surface area contributed by atoms with Gasteiger partial charge in [0.05, 0.1) is 17.2 Å². The summed E-state index contributed by atoms with van der Waals surface area (Å²) in [6, 6.07) is 39.8. The zero-order valence-corrected chi connectivity index (χ0v) is 45.7. The predicted molar refractivity (Wildman–Crippen MR) is 312 cm³/mol. The third kappa shape index (κ3) is 11.5. The van der Waals surface area contributed by atoms with E-state index in [0.717, 1.165) is 60.7 Å². The van der Waals surface area contributed by atoms with Gasteiger partial charge in [0, 0.05) is 89.4 Å². The second kappa shape index (κ2) is 24.1. The molecular formula is C60H55N9O8S2. The zero-order chi connectivity index (χ0) is 55.9. The summed E-state index contributed by atoms with van der Waals surface area (Å²) in [4.78, 5) is 59.9. The molecule has 0 spiro atoms. The average molecular weight is 1090 g/mol. The molecule has 0 saturated heterocycles. The molecule has 0 unspecified atom stereocenters. The van der Waals surface area contributed by atoms with Crippen molar-refractivity contribution in [1.82, 2.24) is 24.9 Å². The van der Waals surface area contributed by atoms with E-state index in [4.69, 9.17) is 47.4 Å². The summed E-state index contributed by atoms with van der Waals surface area (Å²) in [5.74, 6) is 2.63. The molecule has 0 aromatic heterocycles. The van der Waals surface area contributed by atoms with Gasteiger partial charge in [-0.1, -0.05) is 60.7 Å². The second-order valence-electron chi connectivity index (χ2n) is 19.1. The molecule has 0 atom stereocenters. The van der Waals surface area contributed by atoms with Crippen LogP contribution in [0.3, 0.4) is 0 Å². The number of fused-ring (bicyclic) bond motifs is 6. The molecule has 4 aliphatic rings. The lowest BCUT2D eigenvalue weighted by molar-refractivity contribution is 0.0587. The van der Waals surface area contributed by atoms with Gasteiger partial charge in [0.25, 0.3) is 23.6 Å². The highest BCUT2D eigenvalue weighted by molar-refractivity contribution is 8.02. The number of likely N-dealkylation sites (N-methyl/N-ethyl adjacent to an activating group) is 2. The van der Waals surface area contributed by atoms with Crippen LogP contribution in [0.4, 0.5) is 11.4 Å². The van der Waals surface area contributed by atoms with E-state index < -0.39 is 0 Å². The number of amides is 4. The Labute approximate surface area is 465 Å². The fraction of sp³-hybridized carbons (Fsp3) is 0.217. The fourth-order valence-electron chi connectivity index (χ4n) is 9.68. The number of rotatable bonds is 11. The first-order chi connectivity index (χ1) is 38.2. The molecule has 0 aliphatic carbocycles. The molecule has 17 nitrogen and oxygen atoms in total. The van der Waals surface area contributed by atoms with Crippen molar-refractivity contribution in [2.45, 2.75) is 19.2 Å². The lowest BCUT2D eigenvalue weighted by Crippen LogP contribution is -2.43. The van der Waals surface area contributed by atoms with Crippen molar-refractivity contribution in [3.8, 4) is 34.5 Å². The summed E-state index contributed by atoms with van der Waals surface area (Å²) in [5.41, 5.74) is 11.7. The first kappa shape index (κ1) is 54.8. The monoisotopic (exact) mass is 1090 g/mol. The highest BCUT2D eigenvalue weighted by Gasteiger charge is 2.36. The number of hydrogen-bond donors (Lipinski definition) is 3. The molecule has 8 aromatic carbocycles. The van der Waals surface area contributed by atoms with Gasteiger partial charge in [-0.15, -0.1) is 0 Å². The molecule has 4 N–H and O–H groups in total. The van der Waals surface area contributed by atoms with Crippen LogP contribution < -0.4 is 35.3 Å². The molecule has 79 heavy (non-hydrogen) atoms. The van der Waals surface area contributed by atoms with Gasteiger partial charge in [-0.25, -0.2) is 0 Å². The number of nitrogens with two attached hydrogens (primary N) is 1. The van der Waals surface area contributed by atoms with Crippen molar-refractivity contribution in [3.05, 3.63) is 155 Å². The van der Waals surface area contributed by atoms with E-state index in [1.165, 1.54) is 28.5 Å². The number of ether oxygens (including phenoxy) is 4. The van der Waals surface area contributed by atoms with Crippen molar-refractivity contribution in [2.24, 2.45) is 0 Å². The lowest BCUT2D eigenvalue weighted by Gasteiger charge is -2.29. The minimum atomic E-state index is -0.292. The van der Waals surface area contributed by atoms with Gasteiger partial charge in [0.1, 0.15) is 5.40 Å². The molecule has 0 saturated carbocycles. The van der Waals surface area contributed by atoms with Gasteiger partial charge in [0.2, 0.25) is 13.6 Å². The van der Waals surface area contributed by atoms with E-state index in [-0.39, 0.29) is 30.4 Å². The smallest absolute Gasteiger partial charge is 0.262 e. The van der Waals surface area contributed by atoms with Crippen LogP contribution in [-0.2, 0) is 12.3 Å². The Hall–Kier alpha value is -8.98. The molecule has 12 rings (SSSR count). The number of thiocyanates is 1. The number of nitrogens with zero attached hydrogens (tertiary/aromatic N) is 6. The standard InChI is InChI=1S/C29H26N4O4S.C20H19N3O2.C9H7NO2S.C2H3N/c1-32(2)11-12-33-27(34)20-7-3-5-18-14-19-6-4-8-21(25(19)26(24(18)20)28(33)35)31-29(38)30-15-17-9-10-22-23(13-17)37-16-36-22;1-22(2)9-10-23-19(24)14-7-3-5-12-11-13-6-4-8-15(21)17(13)18(16(12)14)20(23)25;10-5-13-4-7-1-2-8-9(3-7)12-6-11-8;1-2-3/h3-10,13-14H,11-12,15-16H2,1-2H3,(H2,30,31,38);3-8,11H,9-10,21H2,1-2H3;1-3H,4,6H2;1H3. The van der Waals surface area contributed by atoms with Crippen molar-refractivity contribution in [2.75, 3.05) is 79.0 Å². The largest absolute Gasteiger partial charge is 0.454 e. The van der Waals surface area contributed by atoms with E-state index in [0.29, 0.717) is 101 Å². The normalized spacial score (nSPS) is 13.4. The molecule has 8 aromatic rings. The number of thioether (sulfide) groups is 1. The second-order valence-corrected chi connectivity index (χ2v) is 20.2. The van der Waals surface area contributed by atoms with E-state index in [9.17, 15) is 19.2 Å². The van der Waals surface area contributed by atoms with Gasteiger partial charge < -0.3 is 45.1 Å². The summed E-state index contributed by atoms with van der Waals surface area (Å²) in [7, 11) is 7.67. The number of carbonyl (C=O) groups excluding carboxylic acids is 4. The first-order valence-electron chi connectivity index (χ1n) is 25.1. The summed E-state index contributed by atoms with van der Waals surface area (Å²) >= 11 is 6.84. The van der Waals surface area contributed by atoms with Crippen LogP contribution in [0.5, 0.6) is 23.0 Å². The maximum Gasteiger partial charge on any atom is 0.262 e. The minimum absolute atomic E-state index is 0.225. The van der Waals surface area contributed by atoms with Crippen LogP contribution in [0, 0.1) is 22.0 Å². The summed E-state index contributed by atoms with van der Waals surface area (Å²) < 4.78 is 21.2. The Morgan fingerprint density at radius 2 is 1.06 bits per heavy atom. The third-order valence-corrected chi connectivity index (χ3v) is 14.2. The van der Waals surface area contributed by atoms with Crippen LogP contribution in [0.1, 0.15) is 59.5 Å². The number of nitriles is 2. The Morgan fingerprint density at radius 3 is 1.59 bits per heavy atom. The first-order valence-corrected chi connectivity index (χ1v) is 26.5. The number of carbonyl (C=O) groups is 4. The molecule has 0 fully saturated rings. The van der Waals surface area contributed by atoms with Crippen LogP contribution in [-0.4, -0.2) is 116 Å². The Morgan fingerprint density at radius 1 is 0.608 bits per heavy atom. The third-order valence-electron chi connectivity index (χ3n) is 13.3. The zero-order valence-electron chi connectivity index (χ0n) is 44.0. The average Bonchev–Trinajstić information content (AvgIpc) is 4.16. The summed E-state index contributed by atoms with van der Waals surface area (Å²) in [6.07, 6.45) is 0. The molecule has 400 valence electrons. The van der Waals surface area contributed by atoms with Crippen molar-refractivity contribution in [3.63, 3.8) is 0 Å². The van der Waals surface area contributed by atoms with Gasteiger partial charge in [-0.05, 0) is 146 Å². The van der Waals surface area contributed by atoms with Gasteiger partial charge in [0.15, 0.2) is 28.1 Å². The number of hydrogen-bond acceptors (Lipinski definition) is 15. The van der Waals surface area contributed by atoms with E-state index in [1.807, 2.05) is 147 Å². The molecule has 0 bridgehead atoms. The quantitative estimate of drug-likeness (QED) is 0.0361. The highest BCUT2D eigenvalue weighted by atomic mass is 32.2. The molecule has 0 radical (unpaired) electrons. The van der Waals surface area contributed by atoms with Crippen LogP contribution in [0.2, 0.25) is 0 Å². The van der Waals surface area contributed by atoms with Crippen LogP contribution in [0.15, 0.2) is 121 Å². The highest BCUT2D eigenvalue weighted by Crippen LogP contribution is 2.41. The van der Waals surface area contributed by atoms with E-state index in [2.05, 4.69) is 10.6 Å². The lowest BCUT2D eigenvalue weighted by atomic mass is 9.89. The molecular weight excluding hydrogens is 1040 g/mol.